The van der Waals surface area contributed by atoms with Gasteiger partial charge in [-0.3, -0.25) is 4.90 Å². The Hall–Kier alpha value is -2.31. The van der Waals surface area contributed by atoms with Crippen LogP contribution < -0.4 is 10.1 Å². The van der Waals surface area contributed by atoms with Gasteiger partial charge in [-0.2, -0.15) is 4.31 Å². The number of rotatable bonds is 6. The van der Waals surface area contributed by atoms with E-state index in [1.807, 2.05) is 0 Å². The molecule has 2 aliphatic rings. The number of anilines is 1. The van der Waals surface area contributed by atoms with E-state index in [-0.39, 0.29) is 35.9 Å². The molecule has 3 heterocycles. The lowest BCUT2D eigenvalue weighted by molar-refractivity contribution is -0.274. The molecule has 0 amide bonds. The number of ether oxygens (including phenoxy) is 1. The number of sulfonamides is 1. The van der Waals surface area contributed by atoms with E-state index in [0.29, 0.717) is 5.69 Å². The van der Waals surface area contributed by atoms with E-state index in [0.717, 1.165) is 32.4 Å². The summed E-state index contributed by atoms with van der Waals surface area (Å²) in [6.45, 7) is 2.19. The predicted octanol–water partition coefficient (Wildman–Crippen LogP) is 2.66. The average Bonchev–Trinajstić information content (AvgIpc) is 3.35. The van der Waals surface area contributed by atoms with Crippen LogP contribution in [-0.2, 0) is 17.1 Å². The van der Waals surface area contributed by atoms with Gasteiger partial charge in [0, 0.05) is 44.1 Å². The van der Waals surface area contributed by atoms with E-state index < -0.39 is 16.4 Å². The molecule has 0 aliphatic carbocycles. The molecule has 2 aliphatic heterocycles. The quantitative estimate of drug-likeness (QED) is 0.695. The fraction of sp³-hybridized carbons (Fsp3) is 0.550. The fourth-order valence-corrected chi connectivity index (χ4v) is 5.81. The molecule has 2 saturated heterocycles. The molecular weight excluding hydrogens is 447 g/mol. The van der Waals surface area contributed by atoms with Gasteiger partial charge in [-0.1, -0.05) is 12.5 Å². The minimum Gasteiger partial charge on any atom is -0.406 e. The molecule has 12 heteroatoms. The molecule has 1 aromatic heterocycles. The average molecular weight is 474 g/mol. The Balaban J connectivity index is 1.56. The monoisotopic (exact) mass is 473 g/mol. The molecule has 0 radical (unpaired) electrons. The van der Waals surface area contributed by atoms with Crippen molar-refractivity contribution in [2.24, 2.45) is 7.05 Å². The Morgan fingerprint density at radius 3 is 2.56 bits per heavy atom. The van der Waals surface area contributed by atoms with Gasteiger partial charge in [-0.05, 0) is 38.1 Å². The van der Waals surface area contributed by atoms with Crippen LogP contribution in [0, 0.1) is 0 Å². The molecule has 0 bridgehead atoms. The van der Waals surface area contributed by atoms with Crippen molar-refractivity contribution in [3.8, 4) is 5.75 Å². The van der Waals surface area contributed by atoms with Crippen LogP contribution in [0.25, 0.3) is 0 Å². The lowest BCUT2D eigenvalue weighted by Gasteiger charge is -2.35. The predicted molar refractivity (Wildman–Crippen MR) is 112 cm³/mol. The van der Waals surface area contributed by atoms with E-state index in [1.54, 1.807) is 17.7 Å². The van der Waals surface area contributed by atoms with E-state index in [2.05, 4.69) is 19.9 Å². The number of nitrogens with one attached hydrogen (secondary N) is 1. The summed E-state index contributed by atoms with van der Waals surface area (Å²) in [4.78, 5) is 6.27. The van der Waals surface area contributed by atoms with Crippen molar-refractivity contribution in [1.82, 2.24) is 18.8 Å². The third-order valence-electron chi connectivity index (χ3n) is 5.82. The topological polar surface area (TPSA) is 79.7 Å². The van der Waals surface area contributed by atoms with Crippen LogP contribution in [0.5, 0.6) is 5.75 Å². The highest BCUT2D eigenvalue weighted by Gasteiger charge is 2.43. The van der Waals surface area contributed by atoms with E-state index in [4.69, 9.17) is 0 Å². The number of aromatic nitrogens is 2. The SMILES string of the molecule is Cn1cnc(S(=O)(=O)N2C[C@@H](N3CCCCC3)[C@H](Nc3cccc(OC(F)(F)F)c3)C2)c1. The van der Waals surface area contributed by atoms with Gasteiger partial charge in [0.1, 0.15) is 5.75 Å². The number of halogens is 3. The highest BCUT2D eigenvalue weighted by atomic mass is 32.2. The minimum absolute atomic E-state index is 0.0152. The Kier molecular flexibility index (Phi) is 6.37. The molecule has 8 nitrogen and oxygen atoms in total. The number of benzene rings is 1. The summed E-state index contributed by atoms with van der Waals surface area (Å²) in [7, 11) is -2.08. The molecule has 0 saturated carbocycles. The van der Waals surface area contributed by atoms with E-state index >= 15 is 0 Å². The van der Waals surface area contributed by atoms with Crippen LogP contribution in [0.1, 0.15) is 19.3 Å². The largest absolute Gasteiger partial charge is 0.573 e. The van der Waals surface area contributed by atoms with Gasteiger partial charge < -0.3 is 14.6 Å². The number of imidazole rings is 1. The highest BCUT2D eigenvalue weighted by Crippen LogP contribution is 2.30. The van der Waals surface area contributed by atoms with Crippen molar-refractivity contribution in [1.29, 1.82) is 0 Å². The van der Waals surface area contributed by atoms with Crippen molar-refractivity contribution < 1.29 is 26.3 Å². The summed E-state index contributed by atoms with van der Waals surface area (Å²) >= 11 is 0. The van der Waals surface area contributed by atoms with E-state index in [9.17, 15) is 21.6 Å². The molecule has 1 N–H and O–H groups in total. The first-order valence-electron chi connectivity index (χ1n) is 10.5. The summed E-state index contributed by atoms with van der Waals surface area (Å²) in [5.74, 6) is -0.326. The van der Waals surface area contributed by atoms with Gasteiger partial charge in [-0.15, -0.1) is 13.2 Å². The molecule has 32 heavy (non-hydrogen) atoms. The maximum absolute atomic E-state index is 13.1. The zero-order chi connectivity index (χ0) is 22.9. The molecule has 0 unspecified atom stereocenters. The normalized spacial score (nSPS) is 23.4. The van der Waals surface area contributed by atoms with Gasteiger partial charge in [-0.25, -0.2) is 13.4 Å². The Labute approximate surface area is 185 Å². The first-order chi connectivity index (χ1) is 15.1. The molecule has 0 spiro atoms. The second-order valence-electron chi connectivity index (χ2n) is 8.19. The molecule has 2 aromatic rings. The molecular formula is C20H26F3N5O3S. The van der Waals surface area contributed by atoms with Crippen molar-refractivity contribution in [2.75, 3.05) is 31.5 Å². The molecule has 2 atom stereocenters. The number of alkyl halides is 3. The first-order valence-corrected chi connectivity index (χ1v) is 11.9. The van der Waals surface area contributed by atoms with Crippen LogP contribution in [0.3, 0.4) is 0 Å². The molecule has 176 valence electrons. The number of piperidine rings is 1. The Morgan fingerprint density at radius 2 is 1.91 bits per heavy atom. The Bertz CT molecular complexity index is 1040. The van der Waals surface area contributed by atoms with Crippen molar-refractivity contribution in [2.45, 2.75) is 42.7 Å². The van der Waals surface area contributed by atoms with Crippen LogP contribution in [0.4, 0.5) is 18.9 Å². The van der Waals surface area contributed by atoms with Gasteiger partial charge in [0.05, 0.1) is 12.4 Å². The van der Waals surface area contributed by atoms with Crippen LogP contribution in [0.2, 0.25) is 0 Å². The number of hydrogen-bond donors (Lipinski definition) is 1. The van der Waals surface area contributed by atoms with Gasteiger partial charge in [0.15, 0.2) is 5.03 Å². The summed E-state index contributed by atoms with van der Waals surface area (Å²) < 4.78 is 71.1. The van der Waals surface area contributed by atoms with Crippen molar-refractivity contribution >= 4 is 15.7 Å². The van der Waals surface area contributed by atoms with Gasteiger partial charge in [0.2, 0.25) is 0 Å². The lowest BCUT2D eigenvalue weighted by Crippen LogP contribution is -2.48. The first kappa shape index (κ1) is 22.9. The fourth-order valence-electron chi connectivity index (χ4n) is 4.36. The van der Waals surface area contributed by atoms with Crippen LogP contribution >= 0.6 is 0 Å². The molecule has 2 fully saturated rings. The number of nitrogens with zero attached hydrogens (tertiary/aromatic N) is 4. The zero-order valence-electron chi connectivity index (χ0n) is 17.6. The van der Waals surface area contributed by atoms with Gasteiger partial charge >= 0.3 is 6.36 Å². The third kappa shape index (κ3) is 5.18. The summed E-state index contributed by atoms with van der Waals surface area (Å²) in [6.07, 6.45) is 1.32. The van der Waals surface area contributed by atoms with E-state index in [1.165, 1.54) is 35.0 Å². The standard InChI is InChI=1S/C20H26F3N5O3S/c1-26-13-19(24-14-26)32(29,30)28-11-17(18(12-28)27-8-3-2-4-9-27)25-15-6-5-7-16(10-15)31-20(21,22)23/h5-7,10,13-14,17-18,25H,2-4,8-9,11-12H2,1H3/t17-,18-/m1/s1. The van der Waals surface area contributed by atoms with Crippen LogP contribution in [-0.4, -0.2) is 71.8 Å². The molecule has 1 aromatic carbocycles. The highest BCUT2D eigenvalue weighted by molar-refractivity contribution is 7.89. The smallest absolute Gasteiger partial charge is 0.406 e. The number of likely N-dealkylation sites (tertiary alicyclic amines) is 1. The number of aryl methyl sites for hydroxylation is 1. The van der Waals surface area contributed by atoms with Gasteiger partial charge in [0.25, 0.3) is 10.0 Å². The molecule has 4 rings (SSSR count). The maximum atomic E-state index is 13.1. The number of hydrogen-bond acceptors (Lipinski definition) is 6. The summed E-state index contributed by atoms with van der Waals surface area (Å²) in [5.41, 5.74) is 0.441. The zero-order valence-corrected chi connectivity index (χ0v) is 18.4. The second kappa shape index (κ2) is 8.91. The summed E-state index contributed by atoms with van der Waals surface area (Å²) in [6, 6.07) is 5.21. The Morgan fingerprint density at radius 1 is 1.16 bits per heavy atom. The van der Waals surface area contributed by atoms with Crippen LogP contribution in [0.15, 0.2) is 41.8 Å². The third-order valence-corrected chi connectivity index (χ3v) is 7.54. The summed E-state index contributed by atoms with van der Waals surface area (Å²) in [5, 5.41) is 3.24. The maximum Gasteiger partial charge on any atom is 0.573 e. The van der Waals surface area contributed by atoms with Crippen molar-refractivity contribution in [3.63, 3.8) is 0 Å². The minimum atomic E-state index is -4.78. The van der Waals surface area contributed by atoms with Crippen molar-refractivity contribution in [3.05, 3.63) is 36.8 Å². The lowest BCUT2D eigenvalue weighted by atomic mass is 10.0. The second-order valence-corrected chi connectivity index (χ2v) is 10.1.